The highest BCUT2D eigenvalue weighted by molar-refractivity contribution is 6.51. The van der Waals surface area contributed by atoms with E-state index < -0.39 is 0 Å². The number of nitrogens with zero attached hydrogens (tertiary/aromatic N) is 20. The highest BCUT2D eigenvalue weighted by Gasteiger charge is 2.29. The van der Waals surface area contributed by atoms with E-state index in [4.69, 9.17) is 73.9 Å². The number of rotatable bonds is 36. The topological polar surface area (TPSA) is 478 Å². The van der Waals surface area contributed by atoms with Crippen LogP contribution in [-0.2, 0) is 28.7 Å². The number of halogens is 1. The second kappa shape index (κ2) is 49.8. The van der Waals surface area contributed by atoms with Gasteiger partial charge in [0.1, 0.15) is 63.9 Å². The van der Waals surface area contributed by atoms with Gasteiger partial charge in [0, 0.05) is 113 Å². The lowest BCUT2D eigenvalue weighted by Gasteiger charge is -2.23. The van der Waals surface area contributed by atoms with E-state index in [0.717, 1.165) is 142 Å². The number of nitrogens with one attached hydrogen (secondary N) is 8. The molecule has 0 amide bonds. The lowest BCUT2D eigenvalue weighted by molar-refractivity contribution is -0.112. The second-order valence-electron chi connectivity index (χ2n) is 34.4. The minimum atomic E-state index is -0.269. The molecule has 1 fully saturated rings. The monoisotopic (exact) mass is 1910 g/mol. The molecule has 732 valence electrons. The normalized spacial score (nSPS) is 16.4. The molecule has 11 heterocycles. The molecule has 1 aliphatic heterocycles. The molecular formula is C99H126ClN31O8. The number of nitrogens with two attached hydrogens (primary N) is 3. The number of anilines is 5. The number of carbonyl (C=O) groups is 4. The first kappa shape index (κ1) is 103. The molecule has 0 spiro atoms. The molecule has 0 bridgehead atoms. The molecule has 10 aromatic heterocycles. The van der Waals surface area contributed by atoms with Gasteiger partial charge in [-0.3, -0.25) is 24.6 Å². The van der Waals surface area contributed by atoms with Crippen LogP contribution >= 0.6 is 11.6 Å². The zero-order chi connectivity index (χ0) is 99.3. The van der Waals surface area contributed by atoms with Gasteiger partial charge in [-0.1, -0.05) is 41.9 Å². The Morgan fingerprint density at radius 2 is 0.791 bits per heavy atom. The smallest absolute Gasteiger partial charge is 0.206 e. The van der Waals surface area contributed by atoms with Crippen molar-refractivity contribution in [2.75, 3.05) is 202 Å². The van der Waals surface area contributed by atoms with Crippen molar-refractivity contribution in [1.82, 2.24) is 83.2 Å². The van der Waals surface area contributed by atoms with Crippen LogP contribution in [0, 0.1) is 5.41 Å². The van der Waals surface area contributed by atoms with E-state index in [9.17, 15) is 19.2 Å². The number of ketones is 4. The largest absolute Gasteiger partial charge is 0.490 e. The Morgan fingerprint density at radius 1 is 0.424 bits per heavy atom. The molecule has 0 radical (unpaired) electrons. The van der Waals surface area contributed by atoms with E-state index in [1.165, 1.54) is 18.2 Å². The zero-order valence-corrected chi connectivity index (χ0v) is 81.7. The van der Waals surface area contributed by atoms with Crippen LogP contribution < -0.4 is 54.4 Å². The van der Waals surface area contributed by atoms with Gasteiger partial charge in [0.05, 0.1) is 97.8 Å². The maximum atomic E-state index is 12.6. The second-order valence-corrected chi connectivity index (χ2v) is 34.8. The third-order valence-corrected chi connectivity index (χ3v) is 22.2. The summed E-state index contributed by atoms with van der Waals surface area (Å²) in [7, 11) is 20.5. The number of aliphatic imine (C=N–C) groups is 5. The summed E-state index contributed by atoms with van der Waals surface area (Å²) in [6.07, 6.45) is 28.7. The first-order chi connectivity index (χ1) is 66.9. The summed E-state index contributed by atoms with van der Waals surface area (Å²) >= 11 is 6.08. The number of morpholine rings is 1. The number of carbonyl (C=O) groups excluding carboxylic acids is 4. The highest BCUT2D eigenvalue weighted by atomic mass is 35.5. The standard InChI is InChI=1S/C21H28N6O2.C20H27N7O2.C20H24N6O2.C19H23ClN6O.C19H24N6O/c1-15-13-17(16(14-19(15)29)22-9-12-28)24-20-18-7-4-5-11-27(18)25-21(20)23-8-6-10-26(2)3;1-26(2)8-5-7-23-20-19(17-6-3-4-9-27(17)25-20)24-16-13-18(29-11-10-28)15(22)12-14(16)21;1-25(2)9-5-7-22-20-19(16-6-3-4-10-26(16)24-20)23-14-13-18-15(12-17(14)27)21-8-11-28-18;1-12-11-13(16(21)15(20)18(12)27)23-17-14-7-4-5-10-26(14)24-19(17)22-8-6-9-25(2)3;1-13-11-15(14(20)12-17(13)26)22-18-16-7-4-5-10-25(16)23-19(18)21-8-6-9-24(2)3/h4-5,7,11,13-14,22,28H,6,8-10,12H2,1-3H3,(H,23,25);3-4,6,9,12-13,21,28H,5,7-8,10-11,22H2,1-2H3,(H,23,25);3-4,6,10,12-13,21H,5,7-9,11H2,1-2H3,(H,22,24);4-5,7,10-11H,6,8-9,21H2,1-3H3,(H,22,24);4-5,7,10-12H,6,8-9,20H2,1-3H3,(H,21,23). The number of pyridine rings is 5. The number of aliphatic hydroxyl groups is 2. The van der Waals surface area contributed by atoms with Crippen molar-refractivity contribution >= 4 is 154 Å². The summed E-state index contributed by atoms with van der Waals surface area (Å²) < 4.78 is 20.0. The molecule has 40 heteroatoms. The fourth-order valence-electron chi connectivity index (χ4n) is 14.6. The van der Waals surface area contributed by atoms with E-state index in [-0.39, 0.29) is 59.4 Å². The van der Waals surface area contributed by atoms with Crippen LogP contribution in [0.1, 0.15) is 52.9 Å². The number of Topliss-reactive ketones (excluding diaryl/α,β-unsaturated/α-hetero) is 1. The highest BCUT2D eigenvalue weighted by Crippen LogP contribution is 2.38. The quantitative estimate of drug-likeness (QED) is 0.00986. The Hall–Kier alpha value is -14.8. The number of hydrogen-bond acceptors (Lipinski definition) is 34. The lowest BCUT2D eigenvalue weighted by atomic mass is 10.0. The Morgan fingerprint density at radius 3 is 1.19 bits per heavy atom. The summed E-state index contributed by atoms with van der Waals surface area (Å²) in [6, 6.07) is 29.0. The van der Waals surface area contributed by atoms with Gasteiger partial charge in [0.15, 0.2) is 40.7 Å². The number of hydrogen-bond donors (Lipinski definition) is 13. The Kier molecular flexibility index (Phi) is 36.9. The predicted octanol–water partition coefficient (Wildman–Crippen LogP) is 9.90. The molecule has 10 aromatic rings. The number of aromatic nitrogens is 10. The average molecular weight is 1910 g/mol. The third kappa shape index (κ3) is 28.0. The molecule has 16 N–H and O–H groups in total. The zero-order valence-electron chi connectivity index (χ0n) is 81.0. The summed E-state index contributed by atoms with van der Waals surface area (Å²) in [5.41, 5.74) is 32.3. The van der Waals surface area contributed by atoms with Gasteiger partial charge in [-0.15, -0.1) is 25.5 Å². The molecule has 16 rings (SSSR count). The minimum absolute atomic E-state index is 0.00529. The molecule has 0 unspecified atom stereocenters. The van der Waals surface area contributed by atoms with Crippen molar-refractivity contribution in [1.29, 1.82) is 5.41 Å². The van der Waals surface area contributed by atoms with Crippen LogP contribution in [0.5, 0.6) is 0 Å². The lowest BCUT2D eigenvalue weighted by Crippen LogP contribution is -2.31. The first-order valence-corrected chi connectivity index (χ1v) is 46.3. The molecule has 139 heavy (non-hydrogen) atoms. The van der Waals surface area contributed by atoms with E-state index in [1.54, 1.807) is 79.8 Å². The van der Waals surface area contributed by atoms with Crippen molar-refractivity contribution in [2.24, 2.45) is 42.2 Å². The van der Waals surface area contributed by atoms with E-state index in [0.29, 0.717) is 140 Å². The summed E-state index contributed by atoms with van der Waals surface area (Å²) in [6.45, 7) is 15.5. The van der Waals surface area contributed by atoms with Crippen molar-refractivity contribution in [3.8, 4) is 0 Å². The molecule has 39 nitrogen and oxygen atoms in total. The molecule has 6 aliphatic rings. The first-order valence-electron chi connectivity index (χ1n) is 45.9. The van der Waals surface area contributed by atoms with Crippen LogP contribution in [0.3, 0.4) is 0 Å². The number of allylic oxidation sites excluding steroid dienone is 13. The molecule has 5 aliphatic carbocycles. The molecule has 0 atom stereocenters. The molecule has 0 saturated carbocycles. The van der Waals surface area contributed by atoms with Gasteiger partial charge in [-0.25, -0.2) is 47.5 Å². The summed E-state index contributed by atoms with van der Waals surface area (Å²) in [4.78, 5) is 82.7. The van der Waals surface area contributed by atoms with E-state index >= 15 is 0 Å². The Labute approximate surface area is 812 Å². The number of fused-ring (bicyclic) bond motifs is 6. The third-order valence-electron chi connectivity index (χ3n) is 21.8. The average Bonchev–Trinajstić information content (AvgIpc) is 1.68. The predicted molar refractivity (Wildman–Crippen MR) is 555 cm³/mol. The number of ether oxygens (including phenoxy) is 2. The molecule has 1 saturated heterocycles. The molecule has 0 aromatic carbocycles. The van der Waals surface area contributed by atoms with Gasteiger partial charge in [-0.05, 0) is 252 Å². The fourth-order valence-corrected chi connectivity index (χ4v) is 14.9. The van der Waals surface area contributed by atoms with Crippen molar-refractivity contribution in [2.45, 2.75) is 52.9 Å². The van der Waals surface area contributed by atoms with E-state index in [1.807, 2.05) is 150 Å². The minimum Gasteiger partial charge on any atom is -0.490 e. The fraction of sp³-hybridized carbons (Fsp3) is 0.343. The van der Waals surface area contributed by atoms with Crippen LogP contribution in [0.15, 0.2) is 263 Å². The van der Waals surface area contributed by atoms with E-state index in [2.05, 4.69) is 134 Å². The van der Waals surface area contributed by atoms with Crippen LogP contribution in [0.2, 0.25) is 0 Å². The van der Waals surface area contributed by atoms with Gasteiger partial charge in [0.25, 0.3) is 0 Å². The Bertz CT molecular complexity index is 6650. The van der Waals surface area contributed by atoms with Crippen LogP contribution in [-0.4, -0.2) is 316 Å². The van der Waals surface area contributed by atoms with Gasteiger partial charge in [-0.2, -0.15) is 0 Å². The maximum Gasteiger partial charge on any atom is 0.206 e. The maximum absolute atomic E-state index is 12.6. The van der Waals surface area contributed by atoms with Gasteiger partial charge >= 0.3 is 0 Å². The summed E-state index contributed by atoms with van der Waals surface area (Å²) in [5.74, 6) is 3.89. The SMILES string of the molecule is CC1=CC(=Nc2c(NCCCN(C)C)nn3ccccc23)C(N)=C(Cl)C1=O.CC1=CC(=Nc2c(NCCCN(C)C)nn3ccccc23)C(N)=CC1=O.CC1=CC(=Nc2c(NCCCN(C)C)nn3ccccc23)C(NCCO)=CC1=O.CN(C)CCCNc1nn2ccccc2c1N=C1C=C(OCCO)C(N)=CC1=N.CN(C)CCCNc1nn2ccccc2c1N=C1C=C2OCCNC2=CC1=O. The van der Waals surface area contributed by atoms with Crippen LogP contribution in [0.4, 0.5) is 57.5 Å². The van der Waals surface area contributed by atoms with Crippen molar-refractivity contribution in [3.63, 3.8) is 0 Å². The molecular weight excluding hydrogens is 1790 g/mol. The van der Waals surface area contributed by atoms with Gasteiger partial charge < -0.3 is 98.6 Å². The van der Waals surface area contributed by atoms with Crippen LogP contribution in [0.25, 0.3) is 27.6 Å². The Balaban J connectivity index is 0.000000156. The van der Waals surface area contributed by atoms with Crippen molar-refractivity contribution in [3.05, 3.63) is 238 Å². The summed E-state index contributed by atoms with van der Waals surface area (Å²) in [5, 5.41) is 72.5. The number of aliphatic hydroxyl groups excluding tert-OH is 2. The van der Waals surface area contributed by atoms with Gasteiger partial charge in [0.2, 0.25) is 11.6 Å². The van der Waals surface area contributed by atoms with Crippen molar-refractivity contribution < 1.29 is 38.9 Å².